The minimum absolute atomic E-state index is 0.000670. The van der Waals surface area contributed by atoms with E-state index in [2.05, 4.69) is 12.2 Å². The maximum atomic E-state index is 12.4. The Hall–Kier alpha value is -2.44. The molecule has 0 radical (unpaired) electrons. The second-order valence-electron chi connectivity index (χ2n) is 7.91. The van der Waals surface area contributed by atoms with E-state index in [1.54, 1.807) is 17.0 Å². The van der Waals surface area contributed by atoms with Crippen LogP contribution in [0, 0.1) is 0 Å². The number of carbonyl (C=O) groups is 2. The number of nitrogens with zero attached hydrogens (tertiary/aromatic N) is 1. The van der Waals surface area contributed by atoms with Crippen LogP contribution in [0.3, 0.4) is 0 Å². The summed E-state index contributed by atoms with van der Waals surface area (Å²) in [7, 11) is 0. The summed E-state index contributed by atoms with van der Waals surface area (Å²) in [6, 6.07) is 7.30. The summed E-state index contributed by atoms with van der Waals surface area (Å²) < 4.78 is 16.4. The Labute approximate surface area is 167 Å². The highest BCUT2D eigenvalue weighted by molar-refractivity contribution is 5.78. The number of rotatable bonds is 7. The summed E-state index contributed by atoms with van der Waals surface area (Å²) >= 11 is 0. The predicted octanol–water partition coefficient (Wildman–Crippen LogP) is 3.37. The number of ether oxygens (including phenoxy) is 3. The van der Waals surface area contributed by atoms with Crippen molar-refractivity contribution in [2.45, 2.75) is 58.6 Å². The van der Waals surface area contributed by atoms with E-state index in [1.165, 1.54) is 0 Å². The van der Waals surface area contributed by atoms with E-state index in [9.17, 15) is 9.59 Å². The molecular weight excluding hydrogens is 360 g/mol. The van der Waals surface area contributed by atoms with Crippen molar-refractivity contribution in [2.24, 2.45) is 0 Å². The molecule has 0 aromatic heterocycles. The number of piperidine rings is 1. The third-order valence-corrected chi connectivity index (χ3v) is 4.23. The summed E-state index contributed by atoms with van der Waals surface area (Å²) in [4.78, 5) is 26.0. The Bertz CT molecular complexity index is 631. The van der Waals surface area contributed by atoms with Gasteiger partial charge in [-0.1, -0.05) is 6.92 Å². The summed E-state index contributed by atoms with van der Waals surface area (Å²) in [6.07, 6.45) is 1.95. The van der Waals surface area contributed by atoms with Crippen LogP contribution in [0.4, 0.5) is 4.79 Å². The summed E-state index contributed by atoms with van der Waals surface area (Å²) in [5.41, 5.74) is -0.515. The zero-order chi connectivity index (χ0) is 20.6. The van der Waals surface area contributed by atoms with Gasteiger partial charge in [0, 0.05) is 19.1 Å². The zero-order valence-corrected chi connectivity index (χ0v) is 17.3. The molecule has 0 spiro atoms. The number of amides is 2. The fourth-order valence-electron chi connectivity index (χ4n) is 2.84. The zero-order valence-electron chi connectivity index (χ0n) is 17.3. The Kier molecular flexibility index (Phi) is 7.96. The lowest BCUT2D eigenvalue weighted by Gasteiger charge is -2.32. The van der Waals surface area contributed by atoms with Gasteiger partial charge in [0.2, 0.25) is 0 Å². The largest absolute Gasteiger partial charge is 0.494 e. The summed E-state index contributed by atoms with van der Waals surface area (Å²) in [6.45, 7) is 9.41. The van der Waals surface area contributed by atoms with E-state index in [0.717, 1.165) is 12.2 Å². The number of hydrogen-bond donors (Lipinski definition) is 1. The van der Waals surface area contributed by atoms with Crippen LogP contribution < -0.4 is 14.8 Å². The highest BCUT2D eigenvalue weighted by atomic mass is 16.6. The minimum Gasteiger partial charge on any atom is -0.494 e. The van der Waals surface area contributed by atoms with Crippen molar-refractivity contribution in [3.63, 3.8) is 0 Å². The van der Waals surface area contributed by atoms with Crippen LogP contribution >= 0.6 is 0 Å². The molecule has 1 N–H and O–H groups in total. The molecule has 156 valence electrons. The lowest BCUT2D eigenvalue weighted by Crippen LogP contribution is -2.48. The van der Waals surface area contributed by atoms with Crippen LogP contribution in [-0.2, 0) is 9.53 Å². The average molecular weight is 392 g/mol. The molecule has 0 unspecified atom stereocenters. The van der Waals surface area contributed by atoms with Crippen molar-refractivity contribution in [1.82, 2.24) is 10.2 Å². The summed E-state index contributed by atoms with van der Waals surface area (Å²) in [5, 5.41) is 2.87. The van der Waals surface area contributed by atoms with Gasteiger partial charge in [0.05, 0.1) is 6.61 Å². The van der Waals surface area contributed by atoms with Crippen molar-refractivity contribution in [3.8, 4) is 11.5 Å². The molecule has 7 nitrogen and oxygen atoms in total. The SMILES string of the molecule is CCCOc1ccc(OCC(=O)N2CCC(NC(=O)OC(C)(C)C)CC2)cc1. The third kappa shape index (κ3) is 7.66. The number of benzene rings is 1. The van der Waals surface area contributed by atoms with Crippen LogP contribution in [-0.4, -0.2) is 54.8 Å². The Balaban J connectivity index is 1.69. The molecule has 0 atom stereocenters. The van der Waals surface area contributed by atoms with Gasteiger partial charge >= 0.3 is 6.09 Å². The highest BCUT2D eigenvalue weighted by Crippen LogP contribution is 2.18. The predicted molar refractivity (Wildman–Crippen MR) is 107 cm³/mol. The van der Waals surface area contributed by atoms with E-state index in [0.29, 0.717) is 38.3 Å². The Morgan fingerprint density at radius 2 is 1.64 bits per heavy atom. The van der Waals surface area contributed by atoms with E-state index in [1.807, 2.05) is 32.9 Å². The van der Waals surface area contributed by atoms with E-state index in [-0.39, 0.29) is 18.6 Å². The Morgan fingerprint density at radius 1 is 1.07 bits per heavy atom. The molecular formula is C21H32N2O5. The number of alkyl carbamates (subject to hydrolysis) is 1. The van der Waals surface area contributed by atoms with Gasteiger partial charge in [-0.2, -0.15) is 0 Å². The van der Waals surface area contributed by atoms with Crippen molar-refractivity contribution < 1.29 is 23.8 Å². The molecule has 28 heavy (non-hydrogen) atoms. The fourth-order valence-corrected chi connectivity index (χ4v) is 2.84. The van der Waals surface area contributed by atoms with Crippen molar-refractivity contribution in [3.05, 3.63) is 24.3 Å². The van der Waals surface area contributed by atoms with Crippen molar-refractivity contribution >= 4 is 12.0 Å². The van der Waals surface area contributed by atoms with Crippen LogP contribution in [0.15, 0.2) is 24.3 Å². The number of nitrogens with one attached hydrogen (secondary N) is 1. The second kappa shape index (κ2) is 10.2. The van der Waals surface area contributed by atoms with Gasteiger partial charge in [0.25, 0.3) is 5.91 Å². The van der Waals surface area contributed by atoms with Gasteiger partial charge < -0.3 is 24.4 Å². The molecule has 1 fully saturated rings. The third-order valence-electron chi connectivity index (χ3n) is 4.23. The molecule has 1 aromatic carbocycles. The minimum atomic E-state index is -0.515. The van der Waals surface area contributed by atoms with Gasteiger partial charge in [-0.25, -0.2) is 4.79 Å². The lowest BCUT2D eigenvalue weighted by molar-refractivity contribution is -0.134. The molecule has 1 saturated heterocycles. The molecule has 2 amide bonds. The first kappa shape index (κ1) is 21.9. The maximum Gasteiger partial charge on any atom is 0.407 e. The van der Waals surface area contributed by atoms with Crippen LogP contribution in [0.2, 0.25) is 0 Å². The molecule has 1 heterocycles. The topological polar surface area (TPSA) is 77.1 Å². The first-order chi connectivity index (χ1) is 13.3. The van der Waals surface area contributed by atoms with Crippen LogP contribution in [0.25, 0.3) is 0 Å². The van der Waals surface area contributed by atoms with Gasteiger partial charge in [-0.05, 0) is 64.3 Å². The van der Waals surface area contributed by atoms with Crippen LogP contribution in [0.5, 0.6) is 11.5 Å². The summed E-state index contributed by atoms with van der Waals surface area (Å²) in [5.74, 6) is 1.38. The van der Waals surface area contributed by atoms with Crippen molar-refractivity contribution in [2.75, 3.05) is 26.3 Å². The quantitative estimate of drug-likeness (QED) is 0.770. The first-order valence-corrected chi connectivity index (χ1v) is 9.90. The second-order valence-corrected chi connectivity index (χ2v) is 7.91. The lowest BCUT2D eigenvalue weighted by atomic mass is 10.1. The normalized spacial score (nSPS) is 15.1. The van der Waals surface area contributed by atoms with E-state index >= 15 is 0 Å². The van der Waals surface area contributed by atoms with Crippen molar-refractivity contribution in [1.29, 1.82) is 0 Å². The van der Waals surface area contributed by atoms with E-state index < -0.39 is 11.7 Å². The Morgan fingerprint density at radius 3 is 2.18 bits per heavy atom. The molecule has 1 aliphatic heterocycles. The fraction of sp³-hybridized carbons (Fsp3) is 0.619. The molecule has 0 saturated carbocycles. The van der Waals surface area contributed by atoms with Gasteiger partial charge in [0.15, 0.2) is 6.61 Å². The van der Waals surface area contributed by atoms with Crippen LogP contribution in [0.1, 0.15) is 47.0 Å². The highest BCUT2D eigenvalue weighted by Gasteiger charge is 2.25. The van der Waals surface area contributed by atoms with Gasteiger partial charge in [-0.15, -0.1) is 0 Å². The number of hydrogen-bond acceptors (Lipinski definition) is 5. The number of likely N-dealkylation sites (tertiary alicyclic amines) is 1. The number of carbonyl (C=O) groups excluding carboxylic acids is 2. The molecule has 1 aromatic rings. The van der Waals surface area contributed by atoms with E-state index in [4.69, 9.17) is 14.2 Å². The average Bonchev–Trinajstić information content (AvgIpc) is 2.64. The molecule has 2 rings (SSSR count). The first-order valence-electron chi connectivity index (χ1n) is 9.90. The van der Waals surface area contributed by atoms with Gasteiger partial charge in [-0.3, -0.25) is 4.79 Å². The molecule has 0 bridgehead atoms. The monoisotopic (exact) mass is 392 g/mol. The van der Waals surface area contributed by atoms with Gasteiger partial charge in [0.1, 0.15) is 17.1 Å². The molecule has 7 heteroatoms. The maximum absolute atomic E-state index is 12.4. The molecule has 1 aliphatic rings. The smallest absolute Gasteiger partial charge is 0.407 e. The standard InChI is InChI=1S/C21H32N2O5/c1-5-14-26-17-6-8-18(9-7-17)27-15-19(24)23-12-10-16(11-13-23)22-20(25)28-21(2,3)4/h6-9,16H,5,10-15H2,1-4H3,(H,22,25). The molecule has 0 aliphatic carbocycles.